The second kappa shape index (κ2) is 8.41. The maximum Gasteiger partial charge on any atom is 0.240 e. The van der Waals surface area contributed by atoms with Crippen molar-refractivity contribution in [3.63, 3.8) is 0 Å². The molecule has 0 aliphatic heterocycles. The molecule has 7 heteroatoms. The van der Waals surface area contributed by atoms with Crippen LogP contribution < -0.4 is 4.72 Å². The van der Waals surface area contributed by atoms with Crippen molar-refractivity contribution in [2.45, 2.75) is 50.6 Å². The van der Waals surface area contributed by atoms with Crippen molar-refractivity contribution in [1.82, 2.24) is 9.62 Å². The van der Waals surface area contributed by atoms with Crippen molar-refractivity contribution in [2.24, 2.45) is 0 Å². The smallest absolute Gasteiger partial charge is 0.240 e. The first-order chi connectivity index (χ1) is 13.3. The molecule has 0 saturated heterocycles. The molecule has 0 aromatic heterocycles. The Morgan fingerprint density at radius 2 is 1.89 bits per heavy atom. The van der Waals surface area contributed by atoms with E-state index in [1.54, 1.807) is 42.2 Å². The number of carbonyl (C=O) groups excluding carboxylic acids is 1. The quantitative estimate of drug-likeness (QED) is 0.734. The Morgan fingerprint density at radius 1 is 1.18 bits per heavy atom. The number of carbonyl (C=O) groups is 1. The molecule has 0 spiro atoms. The van der Waals surface area contributed by atoms with Gasteiger partial charge in [-0.1, -0.05) is 30.3 Å². The summed E-state index contributed by atoms with van der Waals surface area (Å²) in [6, 6.07) is 11.8. The zero-order valence-electron chi connectivity index (χ0n) is 16.1. The minimum atomic E-state index is -3.69. The zero-order chi connectivity index (χ0) is 20.3. The Balaban J connectivity index is 1.62. The molecule has 1 saturated carbocycles. The van der Waals surface area contributed by atoms with Gasteiger partial charge in [0.25, 0.3) is 0 Å². The van der Waals surface area contributed by atoms with Gasteiger partial charge in [0, 0.05) is 31.1 Å². The van der Waals surface area contributed by atoms with E-state index in [9.17, 15) is 17.6 Å². The molecule has 28 heavy (non-hydrogen) atoms. The van der Waals surface area contributed by atoms with Crippen LogP contribution in [-0.2, 0) is 21.4 Å². The molecular formula is C21H25FN2O3S. The van der Waals surface area contributed by atoms with Crippen LogP contribution in [0, 0.1) is 19.7 Å². The number of hydrogen-bond donors (Lipinski definition) is 1. The zero-order valence-corrected chi connectivity index (χ0v) is 16.9. The first-order valence-corrected chi connectivity index (χ1v) is 10.9. The van der Waals surface area contributed by atoms with E-state index >= 15 is 0 Å². The fraction of sp³-hybridized carbons (Fsp3) is 0.381. The molecule has 1 fully saturated rings. The van der Waals surface area contributed by atoms with Gasteiger partial charge in [0.05, 0.1) is 4.90 Å². The number of hydrogen-bond acceptors (Lipinski definition) is 3. The van der Waals surface area contributed by atoms with Crippen LogP contribution in [0.2, 0.25) is 0 Å². The van der Waals surface area contributed by atoms with E-state index in [1.165, 1.54) is 6.07 Å². The van der Waals surface area contributed by atoms with E-state index in [0.29, 0.717) is 11.1 Å². The van der Waals surface area contributed by atoms with E-state index < -0.39 is 10.0 Å². The second-order valence-electron chi connectivity index (χ2n) is 7.26. The highest BCUT2D eigenvalue weighted by Crippen LogP contribution is 2.29. The van der Waals surface area contributed by atoms with Crippen LogP contribution in [0.4, 0.5) is 4.39 Å². The summed E-state index contributed by atoms with van der Waals surface area (Å²) in [7, 11) is -3.69. The lowest BCUT2D eigenvalue weighted by molar-refractivity contribution is -0.132. The van der Waals surface area contributed by atoms with E-state index in [4.69, 9.17) is 0 Å². The number of benzene rings is 2. The van der Waals surface area contributed by atoms with Crippen molar-refractivity contribution in [1.29, 1.82) is 0 Å². The first-order valence-electron chi connectivity index (χ1n) is 9.38. The number of rotatable bonds is 8. The summed E-state index contributed by atoms with van der Waals surface area (Å²) in [6.45, 7) is 3.79. The Bertz CT molecular complexity index is 971. The molecule has 1 aliphatic rings. The van der Waals surface area contributed by atoms with E-state index in [-0.39, 0.29) is 42.2 Å². The number of nitrogens with one attached hydrogen (secondary N) is 1. The van der Waals surface area contributed by atoms with Gasteiger partial charge in [0.2, 0.25) is 15.9 Å². The van der Waals surface area contributed by atoms with Gasteiger partial charge in [-0.25, -0.2) is 17.5 Å². The van der Waals surface area contributed by atoms with Crippen LogP contribution in [0.1, 0.15) is 36.0 Å². The summed E-state index contributed by atoms with van der Waals surface area (Å²) in [6.07, 6.45) is 1.83. The molecule has 0 bridgehead atoms. The standard InChI is InChI=1S/C21H25FN2O3S/c1-15-7-8-16(2)20(13-15)28(26,27)23-12-11-21(25)24(18-9-10-18)14-17-5-3-4-6-19(17)22/h3-8,13,18,23H,9-12,14H2,1-2H3. The molecule has 0 radical (unpaired) electrons. The van der Waals surface area contributed by atoms with E-state index in [2.05, 4.69) is 4.72 Å². The van der Waals surface area contributed by atoms with Crippen LogP contribution in [0.5, 0.6) is 0 Å². The van der Waals surface area contributed by atoms with Gasteiger partial charge in [-0.2, -0.15) is 0 Å². The van der Waals surface area contributed by atoms with Crippen LogP contribution >= 0.6 is 0 Å². The van der Waals surface area contributed by atoms with Gasteiger partial charge in [0.1, 0.15) is 5.82 Å². The summed E-state index contributed by atoms with van der Waals surface area (Å²) in [5.41, 5.74) is 1.98. The third-order valence-corrected chi connectivity index (χ3v) is 6.47. The molecule has 150 valence electrons. The highest BCUT2D eigenvalue weighted by atomic mass is 32.2. The van der Waals surface area contributed by atoms with Crippen LogP contribution in [0.25, 0.3) is 0 Å². The first kappa shape index (κ1) is 20.5. The summed E-state index contributed by atoms with van der Waals surface area (Å²) < 4.78 is 41.6. The molecular weight excluding hydrogens is 379 g/mol. The lowest BCUT2D eigenvalue weighted by Gasteiger charge is -2.23. The number of aryl methyl sites for hydroxylation is 2. The molecule has 5 nitrogen and oxygen atoms in total. The summed E-state index contributed by atoms with van der Waals surface area (Å²) in [5, 5.41) is 0. The van der Waals surface area contributed by atoms with Gasteiger partial charge in [-0.05, 0) is 49.9 Å². The summed E-state index contributed by atoms with van der Waals surface area (Å²) in [5.74, 6) is -0.508. The highest BCUT2D eigenvalue weighted by molar-refractivity contribution is 7.89. The predicted octanol–water partition coefficient (Wildman–Crippen LogP) is 3.30. The largest absolute Gasteiger partial charge is 0.335 e. The average molecular weight is 405 g/mol. The predicted molar refractivity (Wildman–Crippen MR) is 106 cm³/mol. The monoisotopic (exact) mass is 404 g/mol. The third kappa shape index (κ3) is 4.97. The molecule has 2 aromatic carbocycles. The Kier molecular flexibility index (Phi) is 6.15. The molecule has 0 unspecified atom stereocenters. The Morgan fingerprint density at radius 3 is 2.57 bits per heavy atom. The SMILES string of the molecule is Cc1ccc(C)c(S(=O)(=O)NCCC(=O)N(Cc2ccccc2F)C2CC2)c1. The van der Waals surface area contributed by atoms with Gasteiger partial charge in [-0.3, -0.25) is 4.79 Å². The molecule has 1 aliphatic carbocycles. The molecule has 1 amide bonds. The fourth-order valence-electron chi connectivity index (χ4n) is 3.13. The number of halogens is 1. The minimum Gasteiger partial charge on any atom is -0.335 e. The lowest BCUT2D eigenvalue weighted by Crippen LogP contribution is -2.36. The molecule has 1 N–H and O–H groups in total. The van der Waals surface area contributed by atoms with Crippen LogP contribution in [0.3, 0.4) is 0 Å². The molecule has 2 aromatic rings. The lowest BCUT2D eigenvalue weighted by atomic mass is 10.2. The Labute approximate surface area is 165 Å². The van der Waals surface area contributed by atoms with Crippen LogP contribution in [0.15, 0.2) is 47.4 Å². The van der Waals surface area contributed by atoms with Gasteiger partial charge >= 0.3 is 0 Å². The van der Waals surface area contributed by atoms with Crippen molar-refractivity contribution in [3.8, 4) is 0 Å². The summed E-state index contributed by atoms with van der Waals surface area (Å²) in [4.78, 5) is 14.5. The topological polar surface area (TPSA) is 66.5 Å². The van der Waals surface area contributed by atoms with Crippen molar-refractivity contribution < 1.29 is 17.6 Å². The number of amides is 1. The minimum absolute atomic E-state index is 0.00897. The van der Waals surface area contributed by atoms with Crippen molar-refractivity contribution >= 4 is 15.9 Å². The second-order valence-corrected chi connectivity index (χ2v) is 9.00. The number of nitrogens with zero attached hydrogens (tertiary/aromatic N) is 1. The average Bonchev–Trinajstić information content (AvgIpc) is 3.47. The van der Waals surface area contributed by atoms with Crippen LogP contribution in [-0.4, -0.2) is 31.8 Å². The van der Waals surface area contributed by atoms with Gasteiger partial charge < -0.3 is 4.90 Å². The molecule has 0 atom stereocenters. The maximum absolute atomic E-state index is 13.9. The van der Waals surface area contributed by atoms with Gasteiger partial charge in [0.15, 0.2) is 0 Å². The Hall–Kier alpha value is -2.25. The fourth-order valence-corrected chi connectivity index (χ4v) is 4.49. The number of sulfonamides is 1. The van der Waals surface area contributed by atoms with Crippen molar-refractivity contribution in [2.75, 3.05) is 6.54 Å². The van der Waals surface area contributed by atoms with Crippen molar-refractivity contribution in [3.05, 3.63) is 65.0 Å². The molecule has 3 rings (SSSR count). The highest BCUT2D eigenvalue weighted by Gasteiger charge is 2.32. The van der Waals surface area contributed by atoms with Gasteiger partial charge in [-0.15, -0.1) is 0 Å². The normalized spacial score (nSPS) is 14.1. The maximum atomic E-state index is 13.9. The summed E-state index contributed by atoms with van der Waals surface area (Å²) >= 11 is 0. The van der Waals surface area contributed by atoms with E-state index in [0.717, 1.165) is 18.4 Å². The third-order valence-electron chi connectivity index (χ3n) is 4.87. The van der Waals surface area contributed by atoms with E-state index in [1.807, 2.05) is 13.0 Å². The molecule has 0 heterocycles.